The normalized spacial score (nSPS) is 16.1. The summed E-state index contributed by atoms with van der Waals surface area (Å²) in [5.41, 5.74) is 8.54. The van der Waals surface area contributed by atoms with Gasteiger partial charge in [-0.25, -0.2) is 0 Å². The Labute approximate surface area is 291 Å². The summed E-state index contributed by atoms with van der Waals surface area (Å²) in [6, 6.07) is 34.1. The van der Waals surface area contributed by atoms with Crippen molar-refractivity contribution in [2.45, 2.75) is 38.1 Å². The molecule has 0 amide bonds. The Hall–Kier alpha value is -4.72. The molecule has 48 heavy (non-hydrogen) atoms. The van der Waals surface area contributed by atoms with Crippen LogP contribution in [0.15, 0.2) is 142 Å². The minimum absolute atomic E-state index is 0.834. The van der Waals surface area contributed by atoms with Crippen molar-refractivity contribution < 1.29 is 14.0 Å². The molecule has 0 unspecified atom stereocenters. The smallest absolute Gasteiger partial charge is 0.262 e. The molecular formula is C41H40N3O2S2+. The van der Waals surface area contributed by atoms with Gasteiger partial charge in [0.1, 0.15) is 22.7 Å². The minimum atomic E-state index is 0.834. The van der Waals surface area contributed by atoms with Gasteiger partial charge in [-0.3, -0.25) is 0 Å². The Morgan fingerprint density at radius 1 is 0.771 bits per heavy atom. The fourth-order valence-electron chi connectivity index (χ4n) is 6.54. The molecule has 0 spiro atoms. The van der Waals surface area contributed by atoms with Gasteiger partial charge in [0.05, 0.1) is 30.6 Å². The van der Waals surface area contributed by atoms with E-state index >= 15 is 0 Å². The molecule has 1 aliphatic carbocycles. The Kier molecular flexibility index (Phi) is 9.41. The van der Waals surface area contributed by atoms with Crippen LogP contribution in [0, 0.1) is 0 Å². The van der Waals surface area contributed by atoms with Gasteiger partial charge in [-0.05, 0) is 117 Å². The van der Waals surface area contributed by atoms with Gasteiger partial charge in [-0.15, -0.1) is 0 Å². The van der Waals surface area contributed by atoms with Crippen molar-refractivity contribution >= 4 is 56.5 Å². The van der Waals surface area contributed by atoms with Crippen LogP contribution < -0.4 is 23.8 Å². The van der Waals surface area contributed by atoms with Crippen molar-refractivity contribution in [2.75, 3.05) is 30.6 Å². The number of thioether (sulfide) groups is 1. The van der Waals surface area contributed by atoms with E-state index < -0.39 is 0 Å². The second-order valence-corrected chi connectivity index (χ2v) is 13.7. The summed E-state index contributed by atoms with van der Waals surface area (Å²) in [6.07, 6.45) is 11.2. The standard InChI is InChI=1S/C41H40N3O2S2/c1-5-42-35-11-7-9-13-37(35)47-39(42)27-17-29-15-16-30(18-28-40-43(6-2)36-12-8-10-14-38(36)48-40)41(29)44(31-19-23-33(45-3)24-20-31)32-21-25-34(46-4)26-22-32/h7-14,17-28H,5-6,15-16H2,1-4H3/q+1. The lowest BCUT2D eigenvalue weighted by Crippen LogP contribution is -2.33. The summed E-state index contributed by atoms with van der Waals surface area (Å²) < 4.78 is 14.8. The fourth-order valence-corrected chi connectivity index (χ4v) is 8.80. The lowest BCUT2D eigenvalue weighted by Gasteiger charge is -2.29. The predicted molar refractivity (Wildman–Crippen MR) is 203 cm³/mol. The first-order valence-electron chi connectivity index (χ1n) is 16.5. The van der Waals surface area contributed by atoms with Crippen LogP contribution in [0.1, 0.15) is 31.7 Å². The zero-order chi connectivity index (χ0) is 33.0. The average Bonchev–Trinajstić information content (AvgIpc) is 3.82. The van der Waals surface area contributed by atoms with Gasteiger partial charge in [0.15, 0.2) is 0 Å². The number of thiazole rings is 1. The van der Waals surface area contributed by atoms with E-state index in [1.165, 1.54) is 47.7 Å². The van der Waals surface area contributed by atoms with Crippen molar-refractivity contribution in [3.8, 4) is 11.5 Å². The number of benzene rings is 4. The molecule has 0 bridgehead atoms. The molecule has 0 radical (unpaired) electrons. The molecule has 0 atom stereocenters. The Morgan fingerprint density at radius 3 is 2.10 bits per heavy atom. The quantitative estimate of drug-likeness (QED) is 0.138. The molecule has 4 aromatic carbocycles. The summed E-state index contributed by atoms with van der Waals surface area (Å²) in [6.45, 7) is 6.29. The summed E-state index contributed by atoms with van der Waals surface area (Å²) >= 11 is 3.69. The van der Waals surface area contributed by atoms with Gasteiger partial charge >= 0.3 is 0 Å². The maximum absolute atomic E-state index is 5.54. The summed E-state index contributed by atoms with van der Waals surface area (Å²) in [5, 5.41) is 2.51. The van der Waals surface area contributed by atoms with Crippen LogP contribution in [0.4, 0.5) is 17.1 Å². The second-order valence-electron chi connectivity index (χ2n) is 11.6. The topological polar surface area (TPSA) is 28.8 Å². The molecule has 0 saturated carbocycles. The third-order valence-corrected chi connectivity index (χ3v) is 11.2. The van der Waals surface area contributed by atoms with Crippen molar-refractivity contribution in [2.24, 2.45) is 0 Å². The van der Waals surface area contributed by atoms with E-state index in [4.69, 9.17) is 9.47 Å². The highest BCUT2D eigenvalue weighted by Crippen LogP contribution is 2.47. The monoisotopic (exact) mass is 670 g/mol. The zero-order valence-corrected chi connectivity index (χ0v) is 29.5. The second kappa shape index (κ2) is 14.2. The predicted octanol–water partition coefficient (Wildman–Crippen LogP) is 10.5. The van der Waals surface area contributed by atoms with Gasteiger partial charge in [-0.2, -0.15) is 4.57 Å². The highest BCUT2D eigenvalue weighted by molar-refractivity contribution is 8.03. The van der Waals surface area contributed by atoms with Gasteiger partial charge in [-0.1, -0.05) is 53.4 Å². The molecule has 5 aromatic rings. The van der Waals surface area contributed by atoms with Crippen molar-refractivity contribution in [3.05, 3.63) is 142 Å². The number of anilines is 3. The molecule has 1 aromatic heterocycles. The number of ether oxygens (including phenoxy) is 2. The van der Waals surface area contributed by atoms with Gasteiger partial charge < -0.3 is 19.3 Å². The lowest BCUT2D eigenvalue weighted by atomic mass is 10.1. The zero-order valence-electron chi connectivity index (χ0n) is 27.9. The highest BCUT2D eigenvalue weighted by atomic mass is 32.2. The first-order valence-corrected chi connectivity index (χ1v) is 18.1. The molecule has 0 saturated heterocycles. The van der Waals surface area contributed by atoms with Gasteiger partial charge in [0.2, 0.25) is 5.52 Å². The van der Waals surface area contributed by atoms with E-state index in [1.54, 1.807) is 14.2 Å². The molecule has 5 nitrogen and oxygen atoms in total. The molecule has 0 N–H and O–H groups in total. The number of hydrogen-bond donors (Lipinski definition) is 0. The Balaban J connectivity index is 1.38. The number of aryl methyl sites for hydroxylation is 1. The molecular weight excluding hydrogens is 631 g/mol. The molecule has 7 rings (SSSR count). The third-order valence-electron chi connectivity index (χ3n) is 8.92. The van der Waals surface area contributed by atoms with Crippen LogP contribution in [0.3, 0.4) is 0 Å². The van der Waals surface area contributed by atoms with E-state index in [-0.39, 0.29) is 0 Å². The lowest BCUT2D eigenvalue weighted by molar-refractivity contribution is -0.665. The van der Waals surface area contributed by atoms with Crippen LogP contribution in [-0.2, 0) is 6.54 Å². The number of allylic oxidation sites excluding steroid dienone is 5. The summed E-state index contributed by atoms with van der Waals surface area (Å²) in [4.78, 5) is 6.11. The maximum Gasteiger partial charge on any atom is 0.262 e. The van der Waals surface area contributed by atoms with E-state index in [1.807, 2.05) is 47.4 Å². The van der Waals surface area contributed by atoms with Gasteiger partial charge in [0, 0.05) is 35.0 Å². The number of para-hydroxylation sites is 2. The molecule has 0 fully saturated rings. The largest absolute Gasteiger partial charge is 0.497 e. The fraction of sp³-hybridized carbons (Fsp3) is 0.195. The number of nitrogens with zero attached hydrogens (tertiary/aromatic N) is 3. The van der Waals surface area contributed by atoms with E-state index in [2.05, 4.69) is 125 Å². The summed E-state index contributed by atoms with van der Waals surface area (Å²) in [7, 11) is 3.42. The van der Waals surface area contributed by atoms with E-state index in [0.717, 1.165) is 48.8 Å². The van der Waals surface area contributed by atoms with Crippen molar-refractivity contribution in [3.63, 3.8) is 0 Å². The molecule has 2 aliphatic rings. The number of methoxy groups -OCH3 is 2. The number of hydrogen-bond acceptors (Lipinski definition) is 6. The number of fused-ring (bicyclic) bond motifs is 2. The molecule has 7 heteroatoms. The SMILES string of the molecule is CCN1C(=CC=C2CCC(C=Cc3sc4ccccc4[n+]3CC)=C2N(c2ccc(OC)cc2)c2ccc(OC)cc2)Sc2ccccc21. The number of rotatable bonds is 10. The van der Waals surface area contributed by atoms with Crippen LogP contribution in [-0.4, -0.2) is 20.8 Å². The van der Waals surface area contributed by atoms with Crippen LogP contribution in [0.5, 0.6) is 11.5 Å². The Morgan fingerprint density at radius 2 is 1.44 bits per heavy atom. The third kappa shape index (κ3) is 6.16. The minimum Gasteiger partial charge on any atom is -0.497 e. The highest BCUT2D eigenvalue weighted by Gasteiger charge is 2.28. The van der Waals surface area contributed by atoms with E-state index in [0.29, 0.717) is 0 Å². The first-order chi connectivity index (χ1) is 23.6. The van der Waals surface area contributed by atoms with E-state index in [9.17, 15) is 0 Å². The molecule has 2 heterocycles. The average molecular weight is 671 g/mol. The number of aromatic nitrogens is 1. The molecule has 242 valence electrons. The maximum atomic E-state index is 5.54. The van der Waals surface area contributed by atoms with Crippen molar-refractivity contribution in [1.29, 1.82) is 0 Å². The van der Waals surface area contributed by atoms with Crippen LogP contribution >= 0.6 is 23.1 Å². The summed E-state index contributed by atoms with van der Waals surface area (Å²) in [5.74, 6) is 1.67. The van der Waals surface area contributed by atoms with Crippen molar-refractivity contribution in [1.82, 2.24) is 0 Å². The Bertz CT molecular complexity index is 2010. The van der Waals surface area contributed by atoms with Crippen LogP contribution in [0.25, 0.3) is 16.3 Å². The van der Waals surface area contributed by atoms with Crippen LogP contribution in [0.2, 0.25) is 0 Å². The molecule has 1 aliphatic heterocycles. The van der Waals surface area contributed by atoms with Gasteiger partial charge in [0.25, 0.3) is 5.01 Å². The first kappa shape index (κ1) is 31.9.